The van der Waals surface area contributed by atoms with Gasteiger partial charge in [-0.3, -0.25) is 9.59 Å². The van der Waals surface area contributed by atoms with Crippen molar-refractivity contribution in [3.8, 4) is 17.2 Å². The second kappa shape index (κ2) is 12.6. The van der Waals surface area contributed by atoms with Gasteiger partial charge in [0, 0.05) is 5.02 Å². The van der Waals surface area contributed by atoms with Crippen molar-refractivity contribution >= 4 is 46.9 Å². The Morgan fingerprint density at radius 3 is 2.43 bits per heavy atom. The molecule has 182 valence electrons. The van der Waals surface area contributed by atoms with Crippen LogP contribution in [-0.4, -0.2) is 31.7 Å². The molecular weight excluding hydrogens is 493 g/mol. The third kappa shape index (κ3) is 7.37. The molecule has 35 heavy (non-hydrogen) atoms. The summed E-state index contributed by atoms with van der Waals surface area (Å²) in [4.78, 5) is 24.3. The molecule has 0 aromatic heterocycles. The maximum absolute atomic E-state index is 12.2. The fraction of sp³-hybridized carbons (Fsp3) is 0.160. The van der Waals surface area contributed by atoms with Crippen molar-refractivity contribution in [2.45, 2.75) is 13.5 Å². The van der Waals surface area contributed by atoms with Gasteiger partial charge >= 0.3 is 11.8 Å². The van der Waals surface area contributed by atoms with Crippen LogP contribution >= 0.6 is 23.2 Å². The number of amides is 2. The monoisotopic (exact) mass is 515 g/mol. The van der Waals surface area contributed by atoms with E-state index < -0.39 is 11.8 Å². The Hall–Kier alpha value is -3.75. The maximum Gasteiger partial charge on any atom is 0.329 e. The average molecular weight is 516 g/mol. The second-order valence-corrected chi connectivity index (χ2v) is 7.88. The summed E-state index contributed by atoms with van der Waals surface area (Å²) in [5.74, 6) is -0.637. The molecule has 0 aliphatic carbocycles. The number of nitrogens with zero attached hydrogens (tertiary/aromatic N) is 1. The highest BCUT2D eigenvalue weighted by Crippen LogP contribution is 2.37. The average Bonchev–Trinajstić information content (AvgIpc) is 2.85. The molecule has 0 aliphatic heterocycles. The van der Waals surface area contributed by atoms with Gasteiger partial charge in [-0.05, 0) is 54.4 Å². The number of benzene rings is 3. The van der Waals surface area contributed by atoms with E-state index in [1.807, 2.05) is 19.1 Å². The van der Waals surface area contributed by atoms with E-state index in [0.29, 0.717) is 45.2 Å². The summed E-state index contributed by atoms with van der Waals surface area (Å²) in [6, 6.07) is 17.2. The first-order chi connectivity index (χ1) is 16.9. The van der Waals surface area contributed by atoms with Crippen molar-refractivity contribution in [2.75, 3.05) is 19.0 Å². The summed E-state index contributed by atoms with van der Waals surface area (Å²) in [7, 11) is 1.46. The van der Waals surface area contributed by atoms with Crippen LogP contribution in [0.25, 0.3) is 0 Å². The van der Waals surface area contributed by atoms with E-state index in [0.717, 1.165) is 5.56 Å². The van der Waals surface area contributed by atoms with Crippen molar-refractivity contribution in [1.82, 2.24) is 5.43 Å². The van der Waals surface area contributed by atoms with E-state index in [2.05, 4.69) is 15.8 Å². The lowest BCUT2D eigenvalue weighted by atomic mass is 10.2. The minimum Gasteiger partial charge on any atom is -0.495 e. The fourth-order valence-corrected chi connectivity index (χ4v) is 3.34. The molecule has 8 nitrogen and oxygen atoms in total. The van der Waals surface area contributed by atoms with Crippen LogP contribution in [0.3, 0.4) is 0 Å². The number of rotatable bonds is 9. The van der Waals surface area contributed by atoms with Crippen molar-refractivity contribution in [3.05, 3.63) is 81.8 Å². The molecule has 3 aromatic carbocycles. The molecule has 0 spiro atoms. The Balaban J connectivity index is 1.65. The van der Waals surface area contributed by atoms with Crippen LogP contribution in [0.1, 0.15) is 18.1 Å². The molecule has 0 radical (unpaired) electrons. The molecule has 0 heterocycles. The van der Waals surface area contributed by atoms with Crippen molar-refractivity contribution in [2.24, 2.45) is 5.10 Å². The van der Waals surface area contributed by atoms with E-state index in [1.54, 1.807) is 48.5 Å². The normalized spacial score (nSPS) is 10.6. The standard InChI is InChI=1S/C25H23Cl2N3O5/c1-3-34-22-13-17(12-19(27)23(22)35-15-16-8-10-18(26)11-9-16)14-28-30-25(32)24(31)29-20-6-4-5-7-21(20)33-2/h4-14H,3,15H2,1-2H3,(H,29,31)(H,30,32)/b28-14-. The fourth-order valence-electron chi connectivity index (χ4n) is 2.94. The van der Waals surface area contributed by atoms with Gasteiger partial charge in [-0.25, -0.2) is 5.43 Å². The van der Waals surface area contributed by atoms with Crippen LogP contribution < -0.4 is 25.0 Å². The molecule has 10 heteroatoms. The number of hydrazone groups is 1. The van der Waals surface area contributed by atoms with Gasteiger partial charge in [-0.1, -0.05) is 47.5 Å². The van der Waals surface area contributed by atoms with Gasteiger partial charge in [0.25, 0.3) is 0 Å². The topological polar surface area (TPSA) is 98.2 Å². The van der Waals surface area contributed by atoms with E-state index in [-0.39, 0.29) is 6.61 Å². The molecular formula is C25H23Cl2N3O5. The number of halogens is 2. The number of methoxy groups -OCH3 is 1. The SMILES string of the molecule is CCOc1cc(/C=N\NC(=O)C(=O)Nc2ccccc2OC)cc(Cl)c1OCc1ccc(Cl)cc1. The maximum atomic E-state index is 12.2. The molecule has 2 amide bonds. The number of ether oxygens (including phenoxy) is 3. The zero-order valence-corrected chi connectivity index (χ0v) is 20.5. The van der Waals surface area contributed by atoms with Crippen LogP contribution in [0.5, 0.6) is 17.2 Å². The van der Waals surface area contributed by atoms with Gasteiger partial charge in [0.05, 0.1) is 30.6 Å². The number of anilines is 1. The first-order valence-corrected chi connectivity index (χ1v) is 11.3. The van der Waals surface area contributed by atoms with E-state index in [9.17, 15) is 9.59 Å². The van der Waals surface area contributed by atoms with Crippen LogP contribution in [0.2, 0.25) is 10.0 Å². The number of nitrogens with one attached hydrogen (secondary N) is 2. The minimum atomic E-state index is -0.953. The summed E-state index contributed by atoms with van der Waals surface area (Å²) in [6.07, 6.45) is 1.34. The predicted octanol–water partition coefficient (Wildman–Crippen LogP) is 5.07. The number of hydrogen-bond donors (Lipinski definition) is 2. The van der Waals surface area contributed by atoms with Crippen LogP contribution in [0.4, 0.5) is 5.69 Å². The zero-order valence-electron chi connectivity index (χ0n) is 19.0. The summed E-state index contributed by atoms with van der Waals surface area (Å²) in [5.41, 5.74) is 3.98. The third-order valence-electron chi connectivity index (χ3n) is 4.57. The van der Waals surface area contributed by atoms with E-state index >= 15 is 0 Å². The summed E-state index contributed by atoms with van der Waals surface area (Å²) >= 11 is 12.3. The number of para-hydroxylation sites is 2. The molecule has 2 N–H and O–H groups in total. The zero-order chi connectivity index (χ0) is 25.2. The lowest BCUT2D eigenvalue weighted by Crippen LogP contribution is -2.32. The quantitative estimate of drug-likeness (QED) is 0.235. The highest BCUT2D eigenvalue weighted by molar-refractivity contribution is 6.39. The smallest absolute Gasteiger partial charge is 0.329 e. The Kier molecular flexibility index (Phi) is 9.34. The molecule has 3 aromatic rings. The lowest BCUT2D eigenvalue weighted by molar-refractivity contribution is -0.136. The lowest BCUT2D eigenvalue weighted by Gasteiger charge is -2.14. The number of hydrogen-bond acceptors (Lipinski definition) is 6. The van der Waals surface area contributed by atoms with Crippen LogP contribution in [0, 0.1) is 0 Å². The third-order valence-corrected chi connectivity index (χ3v) is 5.10. The molecule has 3 rings (SSSR count). The highest BCUT2D eigenvalue weighted by atomic mass is 35.5. The highest BCUT2D eigenvalue weighted by Gasteiger charge is 2.16. The van der Waals surface area contributed by atoms with Gasteiger partial charge in [0.1, 0.15) is 12.4 Å². The van der Waals surface area contributed by atoms with Crippen LogP contribution in [-0.2, 0) is 16.2 Å². The second-order valence-electron chi connectivity index (χ2n) is 7.03. The van der Waals surface area contributed by atoms with E-state index in [1.165, 1.54) is 13.3 Å². The number of carbonyl (C=O) groups is 2. The van der Waals surface area contributed by atoms with Crippen LogP contribution in [0.15, 0.2) is 65.8 Å². The molecule has 0 aliphatic rings. The summed E-state index contributed by atoms with van der Waals surface area (Å²) < 4.78 is 16.7. The van der Waals surface area contributed by atoms with Crippen molar-refractivity contribution < 1.29 is 23.8 Å². The molecule has 0 unspecified atom stereocenters. The molecule has 0 saturated heterocycles. The Labute approximate surface area is 212 Å². The summed E-state index contributed by atoms with van der Waals surface area (Å²) in [6.45, 7) is 2.48. The Morgan fingerprint density at radius 2 is 1.71 bits per heavy atom. The van der Waals surface area contributed by atoms with Gasteiger partial charge in [0.15, 0.2) is 11.5 Å². The van der Waals surface area contributed by atoms with Crippen molar-refractivity contribution in [1.29, 1.82) is 0 Å². The van der Waals surface area contributed by atoms with E-state index in [4.69, 9.17) is 37.4 Å². The van der Waals surface area contributed by atoms with Gasteiger partial charge < -0.3 is 19.5 Å². The molecule has 0 bridgehead atoms. The first-order valence-electron chi connectivity index (χ1n) is 10.5. The largest absolute Gasteiger partial charge is 0.495 e. The van der Waals surface area contributed by atoms with Gasteiger partial charge in [-0.15, -0.1) is 0 Å². The van der Waals surface area contributed by atoms with Gasteiger partial charge in [0.2, 0.25) is 0 Å². The summed E-state index contributed by atoms with van der Waals surface area (Å²) in [5, 5.41) is 7.24. The predicted molar refractivity (Wildman–Crippen MR) is 136 cm³/mol. The molecule has 0 fully saturated rings. The van der Waals surface area contributed by atoms with Gasteiger partial charge in [-0.2, -0.15) is 5.10 Å². The Bertz CT molecular complexity index is 1220. The number of carbonyl (C=O) groups excluding carboxylic acids is 2. The van der Waals surface area contributed by atoms with Crippen molar-refractivity contribution in [3.63, 3.8) is 0 Å². The minimum absolute atomic E-state index is 0.266. The first kappa shape index (κ1) is 25.9. The molecule has 0 saturated carbocycles. The Morgan fingerprint density at radius 1 is 0.971 bits per heavy atom. The molecule has 0 atom stereocenters.